The maximum atomic E-state index is 5.86. The molecule has 1 aliphatic rings. The minimum absolute atomic E-state index is 0.891. The third kappa shape index (κ3) is 2.56. The second kappa shape index (κ2) is 4.27. The monoisotopic (exact) mass is 213 g/mol. The summed E-state index contributed by atoms with van der Waals surface area (Å²) >= 11 is 7.55. The number of hydrogen-bond donors (Lipinski definition) is 0. The van der Waals surface area contributed by atoms with Crippen molar-refractivity contribution in [2.45, 2.75) is 13.0 Å². The Morgan fingerprint density at radius 3 is 2.92 bits per heavy atom. The Hall–Kier alpha value is -0.310. The van der Waals surface area contributed by atoms with Crippen LogP contribution in [0.1, 0.15) is 11.3 Å². The van der Waals surface area contributed by atoms with Gasteiger partial charge in [0.05, 0.1) is 4.34 Å². The molecule has 70 valence electrons. The molecule has 0 bridgehead atoms. The van der Waals surface area contributed by atoms with E-state index in [1.165, 1.54) is 17.8 Å². The van der Waals surface area contributed by atoms with Gasteiger partial charge in [-0.25, -0.2) is 0 Å². The quantitative estimate of drug-likeness (QED) is 0.683. The summed E-state index contributed by atoms with van der Waals surface area (Å²) in [6.45, 7) is 3.29. The fourth-order valence-electron chi connectivity index (χ4n) is 1.49. The first-order chi connectivity index (χ1) is 6.34. The van der Waals surface area contributed by atoms with Crippen molar-refractivity contribution in [3.8, 4) is 0 Å². The fraction of sp³-hybridized carbons (Fsp3) is 0.400. The zero-order valence-electron chi connectivity index (χ0n) is 7.37. The van der Waals surface area contributed by atoms with E-state index in [2.05, 4.69) is 23.1 Å². The summed E-state index contributed by atoms with van der Waals surface area (Å²) in [6, 6.07) is 4.09. The van der Waals surface area contributed by atoms with Crippen LogP contribution in [-0.2, 0) is 6.54 Å². The second-order valence-electron chi connectivity index (χ2n) is 3.20. The van der Waals surface area contributed by atoms with Crippen LogP contribution in [0, 0.1) is 0 Å². The van der Waals surface area contributed by atoms with Gasteiger partial charge in [0, 0.05) is 24.5 Å². The van der Waals surface area contributed by atoms with Gasteiger partial charge in [0.2, 0.25) is 0 Å². The molecule has 1 nitrogen and oxygen atoms in total. The zero-order chi connectivity index (χ0) is 9.10. The Labute approximate surface area is 87.6 Å². The number of thiophene rings is 1. The fourth-order valence-corrected chi connectivity index (χ4v) is 2.62. The van der Waals surface area contributed by atoms with E-state index in [9.17, 15) is 0 Å². The summed E-state index contributed by atoms with van der Waals surface area (Å²) < 4.78 is 0.891. The van der Waals surface area contributed by atoms with E-state index in [1.807, 2.05) is 6.07 Å². The van der Waals surface area contributed by atoms with Crippen molar-refractivity contribution in [3.05, 3.63) is 33.5 Å². The highest BCUT2D eigenvalue weighted by atomic mass is 35.5. The highest BCUT2D eigenvalue weighted by Crippen LogP contribution is 2.23. The Morgan fingerprint density at radius 2 is 2.31 bits per heavy atom. The number of rotatable bonds is 2. The van der Waals surface area contributed by atoms with E-state index in [1.54, 1.807) is 11.3 Å². The van der Waals surface area contributed by atoms with E-state index >= 15 is 0 Å². The lowest BCUT2D eigenvalue weighted by molar-refractivity contribution is 0.293. The molecule has 0 saturated carbocycles. The van der Waals surface area contributed by atoms with Crippen LogP contribution < -0.4 is 0 Å². The van der Waals surface area contributed by atoms with Crippen molar-refractivity contribution in [2.75, 3.05) is 13.1 Å². The lowest BCUT2D eigenvalue weighted by Crippen LogP contribution is -2.26. The van der Waals surface area contributed by atoms with Gasteiger partial charge < -0.3 is 0 Å². The summed E-state index contributed by atoms with van der Waals surface area (Å²) in [5, 5.41) is 0. The van der Waals surface area contributed by atoms with Gasteiger partial charge in [-0.15, -0.1) is 11.3 Å². The predicted molar refractivity (Wildman–Crippen MR) is 58.4 cm³/mol. The van der Waals surface area contributed by atoms with E-state index in [0.717, 1.165) is 17.4 Å². The molecule has 0 saturated heterocycles. The molecule has 0 spiro atoms. The Balaban J connectivity index is 1.94. The first-order valence-electron chi connectivity index (χ1n) is 4.46. The van der Waals surface area contributed by atoms with Gasteiger partial charge in [-0.05, 0) is 18.6 Å². The zero-order valence-corrected chi connectivity index (χ0v) is 8.94. The van der Waals surface area contributed by atoms with Crippen molar-refractivity contribution < 1.29 is 0 Å². The lowest BCUT2D eigenvalue weighted by Gasteiger charge is -2.21. The van der Waals surface area contributed by atoms with Crippen molar-refractivity contribution in [3.63, 3.8) is 0 Å². The molecule has 0 amide bonds. The SMILES string of the molecule is Clc1ccc(CN2CC=CCC2)s1. The van der Waals surface area contributed by atoms with Gasteiger partial charge >= 0.3 is 0 Å². The molecule has 0 N–H and O–H groups in total. The number of nitrogens with zero attached hydrogens (tertiary/aromatic N) is 1. The minimum Gasteiger partial charge on any atom is -0.294 e. The number of hydrogen-bond acceptors (Lipinski definition) is 2. The molecule has 1 aliphatic heterocycles. The van der Waals surface area contributed by atoms with Crippen molar-refractivity contribution in [1.29, 1.82) is 0 Å². The third-order valence-electron chi connectivity index (χ3n) is 2.15. The molecule has 2 heterocycles. The highest BCUT2D eigenvalue weighted by Gasteiger charge is 2.07. The molecule has 1 aromatic heterocycles. The molecule has 3 heteroatoms. The average molecular weight is 214 g/mol. The first-order valence-corrected chi connectivity index (χ1v) is 5.65. The van der Waals surface area contributed by atoms with Crippen LogP contribution in [-0.4, -0.2) is 18.0 Å². The van der Waals surface area contributed by atoms with E-state index in [0.29, 0.717) is 0 Å². The molecule has 2 rings (SSSR count). The summed E-state index contributed by atoms with van der Waals surface area (Å²) in [7, 11) is 0. The molecule has 0 radical (unpaired) electrons. The first kappa shape index (κ1) is 9.25. The Kier molecular flexibility index (Phi) is 3.04. The standard InChI is InChI=1S/C10H12ClNS/c11-10-5-4-9(13-10)8-12-6-2-1-3-7-12/h1-2,4-5H,3,6-8H2. The summed E-state index contributed by atoms with van der Waals surface area (Å²) in [6.07, 6.45) is 5.66. The van der Waals surface area contributed by atoms with Crippen LogP contribution in [0.2, 0.25) is 4.34 Å². The molecular weight excluding hydrogens is 202 g/mol. The van der Waals surface area contributed by atoms with Gasteiger partial charge in [-0.1, -0.05) is 23.8 Å². The van der Waals surface area contributed by atoms with Crippen LogP contribution >= 0.6 is 22.9 Å². The van der Waals surface area contributed by atoms with E-state index < -0.39 is 0 Å². The number of halogens is 1. The van der Waals surface area contributed by atoms with Crippen LogP contribution in [0.5, 0.6) is 0 Å². The third-order valence-corrected chi connectivity index (χ3v) is 3.37. The molecule has 0 fully saturated rings. The summed E-state index contributed by atoms with van der Waals surface area (Å²) in [5.74, 6) is 0. The largest absolute Gasteiger partial charge is 0.294 e. The molecule has 0 atom stereocenters. The molecule has 13 heavy (non-hydrogen) atoms. The molecule has 0 unspecified atom stereocenters. The van der Waals surface area contributed by atoms with Crippen molar-refractivity contribution in [2.24, 2.45) is 0 Å². The van der Waals surface area contributed by atoms with Crippen LogP contribution in [0.4, 0.5) is 0 Å². The Morgan fingerprint density at radius 1 is 1.38 bits per heavy atom. The molecular formula is C10H12ClNS. The van der Waals surface area contributed by atoms with Crippen molar-refractivity contribution >= 4 is 22.9 Å². The topological polar surface area (TPSA) is 3.24 Å². The maximum Gasteiger partial charge on any atom is 0.0931 e. The van der Waals surface area contributed by atoms with Gasteiger partial charge in [0.15, 0.2) is 0 Å². The van der Waals surface area contributed by atoms with Crippen LogP contribution in [0.15, 0.2) is 24.3 Å². The maximum absolute atomic E-state index is 5.86. The smallest absolute Gasteiger partial charge is 0.0931 e. The second-order valence-corrected chi connectivity index (χ2v) is 5.00. The highest BCUT2D eigenvalue weighted by molar-refractivity contribution is 7.16. The van der Waals surface area contributed by atoms with Gasteiger partial charge in [0.1, 0.15) is 0 Å². The molecule has 0 aromatic carbocycles. The lowest BCUT2D eigenvalue weighted by atomic mass is 10.2. The molecule has 1 aromatic rings. The summed E-state index contributed by atoms with van der Waals surface area (Å²) in [4.78, 5) is 3.79. The molecule has 0 aliphatic carbocycles. The van der Waals surface area contributed by atoms with E-state index in [4.69, 9.17) is 11.6 Å². The van der Waals surface area contributed by atoms with E-state index in [-0.39, 0.29) is 0 Å². The normalized spacial score (nSPS) is 17.9. The van der Waals surface area contributed by atoms with Gasteiger partial charge in [0.25, 0.3) is 0 Å². The minimum atomic E-state index is 0.891. The van der Waals surface area contributed by atoms with Gasteiger partial charge in [-0.3, -0.25) is 4.90 Å². The average Bonchev–Trinajstić information content (AvgIpc) is 2.53. The van der Waals surface area contributed by atoms with Crippen LogP contribution in [0.3, 0.4) is 0 Å². The summed E-state index contributed by atoms with van der Waals surface area (Å²) in [5.41, 5.74) is 0. The van der Waals surface area contributed by atoms with Crippen molar-refractivity contribution in [1.82, 2.24) is 4.90 Å². The van der Waals surface area contributed by atoms with Gasteiger partial charge in [-0.2, -0.15) is 0 Å². The Bertz CT molecular complexity index is 306. The predicted octanol–water partition coefficient (Wildman–Crippen LogP) is 3.16. The van der Waals surface area contributed by atoms with Crippen LogP contribution in [0.25, 0.3) is 0 Å².